The van der Waals surface area contributed by atoms with E-state index in [1.54, 1.807) is 24.3 Å². The molecule has 0 heterocycles. The fourth-order valence-corrected chi connectivity index (χ4v) is 2.81. The number of amides is 1. The van der Waals surface area contributed by atoms with Gasteiger partial charge in [0.25, 0.3) is 5.91 Å². The normalized spacial score (nSPS) is 10.9. The molecule has 0 aliphatic carbocycles. The van der Waals surface area contributed by atoms with Gasteiger partial charge in [-0.25, -0.2) is 0 Å². The zero-order valence-corrected chi connectivity index (χ0v) is 18.6. The van der Waals surface area contributed by atoms with E-state index < -0.39 is 12.6 Å². The van der Waals surface area contributed by atoms with Crippen LogP contribution in [-0.2, 0) is 14.9 Å². The Morgan fingerprint density at radius 3 is 2.06 bits per heavy atom. The van der Waals surface area contributed by atoms with Gasteiger partial charge in [-0.3, -0.25) is 14.4 Å². The van der Waals surface area contributed by atoms with Gasteiger partial charge in [-0.15, -0.1) is 0 Å². The lowest BCUT2D eigenvalue weighted by Crippen LogP contribution is -2.27. The number of methoxy groups -OCH3 is 2. The van der Waals surface area contributed by atoms with Gasteiger partial charge in [-0.2, -0.15) is 0 Å². The van der Waals surface area contributed by atoms with Gasteiger partial charge in [-0.05, 0) is 41.3 Å². The molecule has 2 aromatic carbocycles. The number of carbonyl (C=O) groups excluding carboxylic acids is 3. The highest BCUT2D eigenvalue weighted by Gasteiger charge is 2.15. The summed E-state index contributed by atoms with van der Waals surface area (Å²) in [5, 5.41) is 2.68. The quantitative estimate of drug-likeness (QED) is 0.486. The molecule has 7 nitrogen and oxygen atoms in total. The molecule has 1 N–H and O–H groups in total. The topological polar surface area (TPSA) is 90.9 Å². The molecule has 0 bridgehead atoms. The number of ketones is 1. The van der Waals surface area contributed by atoms with Crippen LogP contribution in [0.15, 0.2) is 42.5 Å². The summed E-state index contributed by atoms with van der Waals surface area (Å²) < 4.78 is 15.3. The molecular weight excluding hydrogens is 398 g/mol. The summed E-state index contributed by atoms with van der Waals surface area (Å²) in [5.41, 5.74) is 2.00. The SMILES string of the molecule is COc1ccc(C(=O)COC(=O)CCNC(=O)c2ccc(C(C)(C)C)cc2)cc1OC. The summed E-state index contributed by atoms with van der Waals surface area (Å²) in [7, 11) is 2.97. The van der Waals surface area contributed by atoms with Crippen LogP contribution in [0.5, 0.6) is 11.5 Å². The summed E-state index contributed by atoms with van der Waals surface area (Å²) in [5.74, 6) is -0.290. The first-order valence-electron chi connectivity index (χ1n) is 9.95. The standard InChI is InChI=1S/C24H29NO6/c1-24(2,3)18-9-6-16(7-10-18)23(28)25-13-12-22(27)31-15-19(26)17-8-11-20(29-4)21(14-17)30-5/h6-11,14H,12-13,15H2,1-5H3,(H,25,28). The number of hydrogen-bond acceptors (Lipinski definition) is 6. The van der Waals surface area contributed by atoms with Crippen LogP contribution >= 0.6 is 0 Å². The van der Waals surface area contributed by atoms with Gasteiger partial charge < -0.3 is 19.5 Å². The number of carbonyl (C=O) groups is 3. The average Bonchev–Trinajstić information content (AvgIpc) is 2.76. The summed E-state index contributed by atoms with van der Waals surface area (Å²) in [6, 6.07) is 12.1. The molecule has 0 fully saturated rings. The van der Waals surface area contributed by atoms with Crippen LogP contribution in [0, 0.1) is 0 Å². The van der Waals surface area contributed by atoms with Crippen LogP contribution in [0.3, 0.4) is 0 Å². The third kappa shape index (κ3) is 6.84. The first-order valence-corrected chi connectivity index (χ1v) is 9.95. The van der Waals surface area contributed by atoms with Gasteiger partial charge in [-0.1, -0.05) is 32.9 Å². The molecule has 0 radical (unpaired) electrons. The van der Waals surface area contributed by atoms with E-state index in [4.69, 9.17) is 14.2 Å². The Morgan fingerprint density at radius 1 is 0.871 bits per heavy atom. The monoisotopic (exact) mass is 427 g/mol. The van der Waals surface area contributed by atoms with Crippen molar-refractivity contribution in [1.82, 2.24) is 5.32 Å². The van der Waals surface area contributed by atoms with Crippen LogP contribution in [0.1, 0.15) is 53.5 Å². The molecule has 0 aliphatic heterocycles. The zero-order chi connectivity index (χ0) is 23.0. The minimum absolute atomic E-state index is 0.00709. The molecule has 0 aliphatic rings. The van der Waals surface area contributed by atoms with Crippen molar-refractivity contribution in [2.24, 2.45) is 0 Å². The maximum Gasteiger partial charge on any atom is 0.308 e. The van der Waals surface area contributed by atoms with Gasteiger partial charge in [0.15, 0.2) is 23.9 Å². The van der Waals surface area contributed by atoms with Gasteiger partial charge in [0.2, 0.25) is 0 Å². The molecule has 0 unspecified atom stereocenters. The predicted octanol–water partition coefficient (Wildman–Crippen LogP) is 3.55. The lowest BCUT2D eigenvalue weighted by atomic mass is 9.87. The highest BCUT2D eigenvalue weighted by molar-refractivity contribution is 5.98. The van der Waals surface area contributed by atoms with Crippen molar-refractivity contribution in [3.05, 3.63) is 59.2 Å². The maximum atomic E-state index is 12.2. The van der Waals surface area contributed by atoms with Gasteiger partial charge in [0.05, 0.1) is 20.6 Å². The number of rotatable bonds is 9. The molecule has 2 aromatic rings. The maximum absolute atomic E-state index is 12.2. The molecular formula is C24H29NO6. The molecule has 0 atom stereocenters. The number of esters is 1. The Kier molecular flexibility index (Phi) is 8.19. The Labute approximate surface area is 182 Å². The van der Waals surface area contributed by atoms with Crippen LogP contribution in [0.2, 0.25) is 0 Å². The van der Waals surface area contributed by atoms with E-state index >= 15 is 0 Å². The van der Waals surface area contributed by atoms with Crippen molar-refractivity contribution in [3.8, 4) is 11.5 Å². The number of ether oxygens (including phenoxy) is 3. The lowest BCUT2D eigenvalue weighted by molar-refractivity contribution is -0.142. The Hall–Kier alpha value is -3.35. The van der Waals surface area contributed by atoms with Crippen molar-refractivity contribution < 1.29 is 28.6 Å². The van der Waals surface area contributed by atoms with Crippen LogP contribution in [-0.4, -0.2) is 45.0 Å². The van der Waals surface area contributed by atoms with E-state index in [9.17, 15) is 14.4 Å². The smallest absolute Gasteiger partial charge is 0.308 e. The van der Waals surface area contributed by atoms with Crippen LogP contribution in [0.25, 0.3) is 0 Å². The summed E-state index contributed by atoms with van der Waals surface area (Å²) in [4.78, 5) is 36.4. The number of benzene rings is 2. The molecule has 0 aromatic heterocycles. The number of Topliss-reactive ketones (excluding diaryl/α,β-unsaturated/α-hetero) is 1. The molecule has 166 valence electrons. The van der Waals surface area contributed by atoms with Crippen LogP contribution < -0.4 is 14.8 Å². The molecule has 0 saturated heterocycles. The second kappa shape index (κ2) is 10.6. The van der Waals surface area contributed by atoms with E-state index in [2.05, 4.69) is 26.1 Å². The highest BCUT2D eigenvalue weighted by Crippen LogP contribution is 2.27. The number of hydrogen-bond donors (Lipinski definition) is 1. The van der Waals surface area contributed by atoms with Crippen molar-refractivity contribution in [3.63, 3.8) is 0 Å². The molecule has 7 heteroatoms. The van der Waals surface area contributed by atoms with Crippen molar-refractivity contribution in [2.45, 2.75) is 32.6 Å². The van der Waals surface area contributed by atoms with E-state index in [1.807, 2.05) is 12.1 Å². The molecule has 1 amide bonds. The van der Waals surface area contributed by atoms with E-state index in [0.717, 1.165) is 5.56 Å². The van der Waals surface area contributed by atoms with Crippen molar-refractivity contribution in [2.75, 3.05) is 27.4 Å². The van der Waals surface area contributed by atoms with Gasteiger partial charge >= 0.3 is 5.97 Å². The largest absolute Gasteiger partial charge is 0.493 e. The molecule has 0 saturated carbocycles. The van der Waals surface area contributed by atoms with Crippen molar-refractivity contribution >= 4 is 17.7 Å². The molecule has 0 spiro atoms. The van der Waals surface area contributed by atoms with Crippen LogP contribution in [0.4, 0.5) is 0 Å². The third-order valence-corrected chi connectivity index (χ3v) is 4.70. The second-order valence-corrected chi connectivity index (χ2v) is 7.99. The van der Waals surface area contributed by atoms with Gasteiger partial charge in [0.1, 0.15) is 0 Å². The second-order valence-electron chi connectivity index (χ2n) is 7.99. The van der Waals surface area contributed by atoms with Crippen molar-refractivity contribution in [1.29, 1.82) is 0 Å². The first-order chi connectivity index (χ1) is 14.7. The Morgan fingerprint density at radius 2 is 1.48 bits per heavy atom. The summed E-state index contributed by atoms with van der Waals surface area (Å²) in [6.07, 6.45) is -0.0367. The fraction of sp³-hybridized carbons (Fsp3) is 0.375. The molecule has 31 heavy (non-hydrogen) atoms. The zero-order valence-electron chi connectivity index (χ0n) is 18.6. The highest BCUT2D eigenvalue weighted by atomic mass is 16.5. The fourth-order valence-electron chi connectivity index (χ4n) is 2.81. The Balaban J connectivity index is 1.78. The lowest BCUT2D eigenvalue weighted by Gasteiger charge is -2.19. The van der Waals surface area contributed by atoms with E-state index in [1.165, 1.54) is 20.3 Å². The minimum Gasteiger partial charge on any atom is -0.493 e. The van der Waals surface area contributed by atoms with E-state index in [-0.39, 0.29) is 30.1 Å². The summed E-state index contributed by atoms with van der Waals surface area (Å²) in [6.45, 7) is 6.02. The molecule has 2 rings (SSSR count). The number of nitrogens with one attached hydrogen (secondary N) is 1. The minimum atomic E-state index is -0.572. The Bertz CT molecular complexity index is 928. The third-order valence-electron chi connectivity index (χ3n) is 4.70. The predicted molar refractivity (Wildman–Crippen MR) is 117 cm³/mol. The van der Waals surface area contributed by atoms with E-state index in [0.29, 0.717) is 22.6 Å². The average molecular weight is 427 g/mol. The first kappa shape index (κ1) is 23.9. The summed E-state index contributed by atoms with van der Waals surface area (Å²) >= 11 is 0. The van der Waals surface area contributed by atoms with Gasteiger partial charge in [0, 0.05) is 17.7 Å².